The molecular formula is C16H17N3OS. The molecular weight excluding hydrogens is 282 g/mol. The Morgan fingerprint density at radius 2 is 1.86 bits per heavy atom. The van der Waals surface area contributed by atoms with E-state index in [2.05, 4.69) is 29.0 Å². The van der Waals surface area contributed by atoms with Gasteiger partial charge in [-0.25, -0.2) is 4.98 Å². The summed E-state index contributed by atoms with van der Waals surface area (Å²) < 4.78 is 12.4. The highest BCUT2D eigenvalue weighted by Crippen LogP contribution is 2.18. The normalized spacial score (nSPS) is 12.6. The molecule has 2 aromatic carbocycles. The summed E-state index contributed by atoms with van der Waals surface area (Å²) in [4.78, 5) is 7.46. The van der Waals surface area contributed by atoms with Crippen molar-refractivity contribution in [3.05, 3.63) is 53.6 Å². The van der Waals surface area contributed by atoms with E-state index >= 15 is 0 Å². The monoisotopic (exact) mass is 299 g/mol. The van der Waals surface area contributed by atoms with Crippen LogP contribution >= 0.6 is 0 Å². The van der Waals surface area contributed by atoms with Crippen LogP contribution in [0.25, 0.3) is 11.0 Å². The summed E-state index contributed by atoms with van der Waals surface area (Å²) in [5, 5.41) is 0.496. The Morgan fingerprint density at radius 3 is 2.57 bits per heavy atom. The van der Waals surface area contributed by atoms with Crippen molar-refractivity contribution in [3.8, 4) is 0 Å². The molecule has 4 nitrogen and oxygen atoms in total. The van der Waals surface area contributed by atoms with Crippen LogP contribution in [0.3, 0.4) is 0 Å². The zero-order chi connectivity index (χ0) is 14.8. The van der Waals surface area contributed by atoms with Crippen molar-refractivity contribution >= 4 is 27.5 Å². The lowest BCUT2D eigenvalue weighted by atomic mass is 10.1. The number of nitrogens with two attached hydrogens (primary N) is 1. The van der Waals surface area contributed by atoms with Crippen LogP contribution in [0, 0.1) is 0 Å². The van der Waals surface area contributed by atoms with Gasteiger partial charge < -0.3 is 10.7 Å². The molecule has 0 amide bonds. The van der Waals surface area contributed by atoms with Crippen molar-refractivity contribution in [3.63, 3.8) is 0 Å². The predicted octanol–water partition coefficient (Wildman–Crippen LogP) is 3.02. The fourth-order valence-corrected chi connectivity index (χ4v) is 3.26. The van der Waals surface area contributed by atoms with Gasteiger partial charge in [-0.3, -0.25) is 4.21 Å². The molecule has 3 aromatic rings. The minimum atomic E-state index is -1.19. The van der Waals surface area contributed by atoms with Gasteiger partial charge in [-0.1, -0.05) is 31.2 Å². The first-order chi connectivity index (χ1) is 10.2. The number of rotatable bonds is 4. The number of aromatic amines is 1. The number of benzene rings is 2. The highest BCUT2D eigenvalue weighted by Gasteiger charge is 2.11. The molecule has 1 atom stereocenters. The Labute approximate surface area is 125 Å². The number of fused-ring (bicyclic) bond motifs is 1. The second-order valence-electron chi connectivity index (χ2n) is 4.98. The number of nitrogen functional groups attached to an aromatic ring is 1. The van der Waals surface area contributed by atoms with Gasteiger partial charge >= 0.3 is 0 Å². The summed E-state index contributed by atoms with van der Waals surface area (Å²) in [6, 6.07) is 13.6. The van der Waals surface area contributed by atoms with Crippen molar-refractivity contribution in [1.82, 2.24) is 9.97 Å². The third kappa shape index (κ3) is 2.97. The van der Waals surface area contributed by atoms with Crippen LogP contribution in [0.2, 0.25) is 0 Å². The van der Waals surface area contributed by atoms with Crippen LogP contribution in [-0.2, 0) is 23.0 Å². The number of hydrogen-bond donors (Lipinski definition) is 2. The van der Waals surface area contributed by atoms with E-state index in [0.717, 1.165) is 23.0 Å². The molecule has 0 bridgehead atoms. The van der Waals surface area contributed by atoms with Gasteiger partial charge in [-0.2, -0.15) is 0 Å². The molecule has 0 saturated carbocycles. The van der Waals surface area contributed by atoms with Crippen LogP contribution in [-0.4, -0.2) is 14.2 Å². The number of aryl methyl sites for hydroxylation is 1. The minimum absolute atomic E-state index is 0.458. The first-order valence-electron chi connectivity index (χ1n) is 6.87. The summed E-state index contributed by atoms with van der Waals surface area (Å²) in [6.07, 6.45) is 1.01. The van der Waals surface area contributed by atoms with Gasteiger partial charge in [0.25, 0.3) is 0 Å². The molecule has 0 spiro atoms. The van der Waals surface area contributed by atoms with Crippen molar-refractivity contribution in [2.75, 3.05) is 5.73 Å². The van der Waals surface area contributed by atoms with Crippen molar-refractivity contribution < 1.29 is 4.21 Å². The molecule has 1 aromatic heterocycles. The summed E-state index contributed by atoms with van der Waals surface area (Å²) in [5.41, 5.74) is 10.3. The molecule has 0 fully saturated rings. The largest absolute Gasteiger partial charge is 0.399 e. The Morgan fingerprint density at radius 1 is 1.14 bits per heavy atom. The number of nitrogens with zero attached hydrogens (tertiary/aromatic N) is 1. The van der Waals surface area contributed by atoms with Gasteiger partial charge in [0.05, 0.1) is 27.6 Å². The van der Waals surface area contributed by atoms with E-state index < -0.39 is 10.8 Å². The molecule has 21 heavy (non-hydrogen) atoms. The number of nitrogens with one attached hydrogen (secondary N) is 1. The molecule has 0 aliphatic rings. The van der Waals surface area contributed by atoms with Gasteiger partial charge in [0.1, 0.15) is 0 Å². The second kappa shape index (κ2) is 5.69. The van der Waals surface area contributed by atoms with Crippen molar-refractivity contribution in [1.29, 1.82) is 0 Å². The van der Waals surface area contributed by atoms with E-state index in [9.17, 15) is 4.21 Å². The van der Waals surface area contributed by atoms with Crippen LogP contribution in [0.15, 0.2) is 47.6 Å². The van der Waals surface area contributed by atoms with Gasteiger partial charge in [-0.15, -0.1) is 0 Å². The Bertz CT molecular complexity index is 793. The molecule has 3 N–H and O–H groups in total. The fraction of sp³-hybridized carbons (Fsp3) is 0.188. The van der Waals surface area contributed by atoms with Gasteiger partial charge in [-0.05, 0) is 35.7 Å². The van der Waals surface area contributed by atoms with Gasteiger partial charge in [0.15, 0.2) is 5.16 Å². The summed E-state index contributed by atoms with van der Waals surface area (Å²) in [6.45, 7) is 2.12. The van der Waals surface area contributed by atoms with Crippen LogP contribution < -0.4 is 5.73 Å². The van der Waals surface area contributed by atoms with Crippen LogP contribution in [0.1, 0.15) is 18.1 Å². The quantitative estimate of drug-likeness (QED) is 0.727. The van der Waals surface area contributed by atoms with Crippen LogP contribution in [0.5, 0.6) is 0 Å². The SMILES string of the molecule is CCc1ccc(CS(=O)c2nc3ccc(N)cc3[nH]2)cc1. The number of aromatic nitrogens is 2. The van der Waals surface area contributed by atoms with E-state index in [-0.39, 0.29) is 0 Å². The highest BCUT2D eigenvalue weighted by atomic mass is 32.2. The van der Waals surface area contributed by atoms with Crippen molar-refractivity contribution in [2.24, 2.45) is 0 Å². The topological polar surface area (TPSA) is 71.8 Å². The Balaban J connectivity index is 1.82. The summed E-state index contributed by atoms with van der Waals surface area (Å²) in [7, 11) is -1.19. The smallest absolute Gasteiger partial charge is 0.197 e. The maximum atomic E-state index is 12.4. The Kier molecular flexibility index (Phi) is 3.75. The Hall–Kier alpha value is -2.14. The predicted molar refractivity (Wildman–Crippen MR) is 86.4 cm³/mol. The van der Waals surface area contributed by atoms with Gasteiger partial charge in [0.2, 0.25) is 0 Å². The average molecular weight is 299 g/mol. The average Bonchev–Trinajstić information content (AvgIpc) is 2.91. The first kappa shape index (κ1) is 13.8. The number of H-pyrrole nitrogens is 1. The molecule has 1 heterocycles. The maximum Gasteiger partial charge on any atom is 0.197 e. The zero-order valence-electron chi connectivity index (χ0n) is 11.8. The van der Waals surface area contributed by atoms with Gasteiger partial charge in [0, 0.05) is 5.69 Å². The fourth-order valence-electron chi connectivity index (χ4n) is 2.20. The number of anilines is 1. The van der Waals surface area contributed by atoms with E-state index in [1.165, 1.54) is 5.56 Å². The molecule has 0 radical (unpaired) electrons. The molecule has 108 valence electrons. The number of imidazole rings is 1. The van der Waals surface area contributed by atoms with E-state index in [0.29, 0.717) is 16.6 Å². The maximum absolute atomic E-state index is 12.4. The first-order valence-corrected chi connectivity index (χ1v) is 8.19. The molecule has 0 aliphatic heterocycles. The lowest BCUT2D eigenvalue weighted by molar-refractivity contribution is 0.677. The lowest BCUT2D eigenvalue weighted by Gasteiger charge is -2.01. The van der Waals surface area contributed by atoms with E-state index in [4.69, 9.17) is 5.73 Å². The zero-order valence-corrected chi connectivity index (χ0v) is 12.6. The standard InChI is InChI=1S/C16H17N3OS/c1-2-11-3-5-12(6-4-11)10-21(20)16-18-14-8-7-13(17)9-15(14)19-16/h3-9H,2,10,17H2,1H3,(H,18,19). The van der Waals surface area contributed by atoms with Crippen molar-refractivity contribution in [2.45, 2.75) is 24.3 Å². The summed E-state index contributed by atoms with van der Waals surface area (Å²) in [5.74, 6) is 0.458. The number of hydrogen-bond acceptors (Lipinski definition) is 3. The van der Waals surface area contributed by atoms with E-state index in [1.54, 1.807) is 12.1 Å². The van der Waals surface area contributed by atoms with Crippen LogP contribution in [0.4, 0.5) is 5.69 Å². The van der Waals surface area contributed by atoms with E-state index in [1.807, 2.05) is 18.2 Å². The molecule has 0 aliphatic carbocycles. The molecule has 0 saturated heterocycles. The highest BCUT2D eigenvalue weighted by molar-refractivity contribution is 7.84. The third-order valence-corrected chi connectivity index (χ3v) is 4.65. The second-order valence-corrected chi connectivity index (χ2v) is 6.34. The molecule has 3 rings (SSSR count). The summed E-state index contributed by atoms with van der Waals surface area (Å²) >= 11 is 0. The lowest BCUT2D eigenvalue weighted by Crippen LogP contribution is -1.98. The minimum Gasteiger partial charge on any atom is -0.399 e. The molecule has 1 unspecified atom stereocenters. The molecule has 5 heteroatoms. The third-order valence-electron chi connectivity index (χ3n) is 3.43.